The average molecular weight is 185 g/mol. The monoisotopic (exact) mass is 184 g/mol. The van der Waals surface area contributed by atoms with Crippen LogP contribution in [0.1, 0.15) is 6.92 Å². The van der Waals surface area contributed by atoms with Gasteiger partial charge in [0.2, 0.25) is 0 Å². The van der Waals surface area contributed by atoms with Crippen LogP contribution in [0.15, 0.2) is 0 Å². The van der Waals surface area contributed by atoms with Gasteiger partial charge in [0, 0.05) is 5.88 Å². The molecule has 1 heterocycles. The number of ether oxygens (including phenoxy) is 1. The van der Waals surface area contributed by atoms with Gasteiger partial charge in [-0.1, -0.05) is 0 Å². The number of halogens is 1. The molecule has 0 radical (unpaired) electrons. The fourth-order valence-corrected chi connectivity index (χ4v) is 2.49. The molecule has 5 heteroatoms. The van der Waals surface area contributed by atoms with Gasteiger partial charge in [0.05, 0.1) is 11.9 Å². The summed E-state index contributed by atoms with van der Waals surface area (Å²) in [6.07, 6.45) is -0.304. The Morgan fingerprint density at radius 2 is 2.30 bits per heavy atom. The molecule has 0 aromatic carbocycles. The van der Waals surface area contributed by atoms with Crippen LogP contribution < -0.4 is 0 Å². The van der Waals surface area contributed by atoms with E-state index in [-0.39, 0.29) is 17.7 Å². The Morgan fingerprint density at radius 1 is 1.70 bits per heavy atom. The number of sulfone groups is 1. The maximum Gasteiger partial charge on any atom is 0.179 e. The largest absolute Gasteiger partial charge is 0.357 e. The van der Waals surface area contributed by atoms with Crippen LogP contribution in [0.4, 0.5) is 0 Å². The van der Waals surface area contributed by atoms with Crippen molar-refractivity contribution in [2.24, 2.45) is 0 Å². The third kappa shape index (κ3) is 1.44. The highest BCUT2D eigenvalue weighted by Crippen LogP contribution is 2.18. The van der Waals surface area contributed by atoms with Gasteiger partial charge in [-0.3, -0.25) is 0 Å². The fraction of sp³-hybridized carbons (Fsp3) is 1.00. The van der Waals surface area contributed by atoms with Crippen LogP contribution in [0.2, 0.25) is 0 Å². The highest BCUT2D eigenvalue weighted by Gasteiger charge is 2.35. The van der Waals surface area contributed by atoms with Crippen LogP contribution in [0.5, 0.6) is 0 Å². The van der Waals surface area contributed by atoms with Crippen molar-refractivity contribution < 1.29 is 13.2 Å². The molecule has 1 aliphatic heterocycles. The van der Waals surface area contributed by atoms with Crippen LogP contribution in [0.3, 0.4) is 0 Å². The molecule has 0 amide bonds. The number of rotatable bonds is 1. The minimum absolute atomic E-state index is 0.0671. The van der Waals surface area contributed by atoms with Gasteiger partial charge in [-0.25, -0.2) is 8.42 Å². The van der Waals surface area contributed by atoms with Crippen LogP contribution in [0.25, 0.3) is 0 Å². The molecule has 10 heavy (non-hydrogen) atoms. The van der Waals surface area contributed by atoms with Gasteiger partial charge in [0.1, 0.15) is 0 Å². The smallest absolute Gasteiger partial charge is 0.179 e. The Labute approximate surface area is 65.2 Å². The Morgan fingerprint density at radius 3 is 2.50 bits per heavy atom. The van der Waals surface area contributed by atoms with Gasteiger partial charge >= 0.3 is 0 Å². The summed E-state index contributed by atoms with van der Waals surface area (Å²) < 4.78 is 26.9. The Bertz CT molecular complexity index is 211. The van der Waals surface area contributed by atoms with E-state index in [1.54, 1.807) is 0 Å². The van der Waals surface area contributed by atoms with E-state index in [0.29, 0.717) is 0 Å². The van der Waals surface area contributed by atoms with Crippen molar-refractivity contribution >= 4 is 21.4 Å². The molecule has 0 saturated carbocycles. The van der Waals surface area contributed by atoms with Gasteiger partial charge in [0.25, 0.3) is 0 Å². The van der Waals surface area contributed by atoms with E-state index in [1.165, 1.54) is 6.92 Å². The van der Waals surface area contributed by atoms with E-state index >= 15 is 0 Å². The SMILES string of the molecule is C[C@@H]1O[C@H](CCl)CS1(=O)=O. The van der Waals surface area contributed by atoms with Gasteiger partial charge in [-0.2, -0.15) is 0 Å². The molecule has 3 nitrogen and oxygen atoms in total. The molecule has 1 fully saturated rings. The first kappa shape index (κ1) is 8.30. The zero-order valence-corrected chi connectivity index (χ0v) is 7.15. The summed E-state index contributed by atoms with van der Waals surface area (Å²) in [5.74, 6) is 0.321. The second-order valence-corrected chi connectivity index (χ2v) is 4.94. The zero-order valence-electron chi connectivity index (χ0n) is 5.58. The Hall–Kier alpha value is 0.200. The standard InChI is InChI=1S/C5H9ClO3S/c1-4-9-5(2-6)3-10(4,7)8/h4-5H,2-3H2,1H3/t4-,5-/m1/s1. The Balaban J connectivity index is 2.71. The van der Waals surface area contributed by atoms with Crippen LogP contribution in [-0.2, 0) is 14.6 Å². The maximum atomic E-state index is 10.9. The van der Waals surface area contributed by atoms with Crippen molar-refractivity contribution in [1.29, 1.82) is 0 Å². The molecule has 0 N–H and O–H groups in total. The molecule has 0 aliphatic carbocycles. The van der Waals surface area contributed by atoms with Crippen LogP contribution >= 0.6 is 11.6 Å². The zero-order chi connectivity index (χ0) is 7.78. The lowest BCUT2D eigenvalue weighted by atomic mass is 10.5. The second-order valence-electron chi connectivity index (χ2n) is 2.31. The first-order chi connectivity index (χ1) is 4.56. The lowest BCUT2D eigenvalue weighted by molar-refractivity contribution is 0.0889. The molecule has 1 aliphatic rings. The van der Waals surface area contributed by atoms with E-state index in [0.717, 1.165) is 0 Å². The summed E-state index contributed by atoms with van der Waals surface area (Å²) >= 11 is 5.41. The molecular weight excluding hydrogens is 176 g/mol. The van der Waals surface area contributed by atoms with Crippen molar-refractivity contribution in [2.45, 2.75) is 18.5 Å². The maximum absolute atomic E-state index is 10.9. The molecular formula is C5H9ClO3S. The second kappa shape index (κ2) is 2.68. The predicted octanol–water partition coefficient (Wildman–Crippen LogP) is 0.385. The molecule has 0 aromatic rings. The van der Waals surface area contributed by atoms with Crippen molar-refractivity contribution in [1.82, 2.24) is 0 Å². The molecule has 2 atom stereocenters. The predicted molar refractivity (Wildman–Crippen MR) is 38.8 cm³/mol. The molecule has 0 spiro atoms. The van der Waals surface area contributed by atoms with Crippen LogP contribution in [-0.4, -0.2) is 31.6 Å². The summed E-state index contributed by atoms with van der Waals surface area (Å²) in [5, 5.41) is 0. The van der Waals surface area contributed by atoms with Crippen molar-refractivity contribution in [3.63, 3.8) is 0 Å². The molecule has 60 valence electrons. The van der Waals surface area contributed by atoms with Gasteiger partial charge in [-0.05, 0) is 6.92 Å². The highest BCUT2D eigenvalue weighted by atomic mass is 35.5. The summed E-state index contributed by atoms with van der Waals surface area (Å²) in [7, 11) is -2.99. The van der Waals surface area contributed by atoms with Gasteiger partial charge in [0.15, 0.2) is 15.3 Å². The summed E-state index contributed by atoms with van der Waals surface area (Å²) in [6.45, 7) is 1.53. The lowest BCUT2D eigenvalue weighted by Crippen LogP contribution is -2.12. The van der Waals surface area contributed by atoms with Crippen molar-refractivity contribution in [3.05, 3.63) is 0 Å². The molecule has 0 unspecified atom stereocenters. The van der Waals surface area contributed by atoms with E-state index in [9.17, 15) is 8.42 Å². The first-order valence-electron chi connectivity index (χ1n) is 2.99. The van der Waals surface area contributed by atoms with Crippen molar-refractivity contribution in [2.75, 3.05) is 11.6 Å². The van der Waals surface area contributed by atoms with Crippen molar-refractivity contribution in [3.8, 4) is 0 Å². The molecule has 0 aromatic heterocycles. The average Bonchev–Trinajstić information content (AvgIpc) is 2.08. The highest BCUT2D eigenvalue weighted by molar-refractivity contribution is 7.92. The van der Waals surface area contributed by atoms with E-state index in [4.69, 9.17) is 16.3 Å². The minimum Gasteiger partial charge on any atom is -0.357 e. The first-order valence-corrected chi connectivity index (χ1v) is 5.24. The third-order valence-corrected chi connectivity index (χ3v) is 3.78. The van der Waals surface area contributed by atoms with Crippen LogP contribution in [0, 0.1) is 0 Å². The summed E-state index contributed by atoms with van der Waals surface area (Å²) in [6, 6.07) is 0. The van der Waals surface area contributed by atoms with Gasteiger partial charge < -0.3 is 4.74 Å². The number of hydrogen-bond donors (Lipinski definition) is 0. The van der Waals surface area contributed by atoms with Gasteiger partial charge in [-0.15, -0.1) is 11.6 Å². The molecule has 1 saturated heterocycles. The van der Waals surface area contributed by atoms with E-state index in [1.807, 2.05) is 0 Å². The molecule has 1 rings (SSSR count). The Kier molecular flexibility index (Phi) is 2.22. The normalized spacial score (nSPS) is 38.2. The van der Waals surface area contributed by atoms with E-state index < -0.39 is 15.3 Å². The van der Waals surface area contributed by atoms with E-state index in [2.05, 4.69) is 0 Å². The quantitative estimate of drug-likeness (QED) is 0.554. The minimum atomic E-state index is -2.99. The summed E-state index contributed by atoms with van der Waals surface area (Å²) in [4.78, 5) is 0. The summed E-state index contributed by atoms with van der Waals surface area (Å²) in [5.41, 5.74) is -0.670. The topological polar surface area (TPSA) is 43.4 Å². The molecule has 0 bridgehead atoms. The number of alkyl halides is 1. The lowest BCUT2D eigenvalue weighted by Gasteiger charge is -2.02. The number of hydrogen-bond acceptors (Lipinski definition) is 3. The third-order valence-electron chi connectivity index (χ3n) is 1.48. The fourth-order valence-electron chi connectivity index (χ4n) is 0.870.